The molecule has 0 aromatic heterocycles. The molecule has 4 rings (SSSR count). The number of fused-ring (bicyclic) bond motifs is 1. The Hall–Kier alpha value is -2.68. The van der Waals surface area contributed by atoms with Gasteiger partial charge in [0.15, 0.2) is 12.7 Å². The second-order valence-corrected chi connectivity index (χ2v) is 6.37. The largest absolute Gasteiger partial charge is 0.338 e. The van der Waals surface area contributed by atoms with Crippen LogP contribution in [0.4, 0.5) is 0 Å². The van der Waals surface area contributed by atoms with Crippen LogP contribution in [0.3, 0.4) is 0 Å². The molecule has 3 aliphatic rings. The molecule has 1 fully saturated rings. The monoisotopic (exact) mass is 317 g/mol. The van der Waals surface area contributed by atoms with Gasteiger partial charge in [0.25, 0.3) is 5.91 Å². The molecule has 2 heterocycles. The zero-order valence-corrected chi connectivity index (χ0v) is 13.7. The minimum absolute atomic E-state index is 0.163. The van der Waals surface area contributed by atoms with Crippen LogP contribution in [0.15, 0.2) is 66.9 Å². The van der Waals surface area contributed by atoms with Gasteiger partial charge in [0.1, 0.15) is 5.56 Å². The second-order valence-electron chi connectivity index (χ2n) is 6.37. The average molecular weight is 317 g/mol. The molecule has 0 atom stereocenters. The van der Waals surface area contributed by atoms with E-state index < -0.39 is 0 Å². The minimum atomic E-state index is 0.163. The van der Waals surface area contributed by atoms with Crippen molar-refractivity contribution in [1.29, 1.82) is 0 Å². The standard InChI is InChI=1S/C21H21N2O/c24-21(22-13-7-8-14-22)19-16-23(15-17-9-3-1-4-10-17)20-12-6-2-5-11-18(19)20/h1-6,9-12,16H,7-8,13-15H2/q+1. The third-order valence-corrected chi connectivity index (χ3v) is 4.72. The van der Waals surface area contributed by atoms with E-state index in [1.165, 1.54) is 5.56 Å². The quantitative estimate of drug-likeness (QED) is 0.680. The van der Waals surface area contributed by atoms with Gasteiger partial charge < -0.3 is 4.90 Å². The number of nitrogens with zero attached hydrogens (tertiary/aromatic N) is 2. The molecule has 1 aromatic carbocycles. The summed E-state index contributed by atoms with van der Waals surface area (Å²) >= 11 is 0. The first-order valence-corrected chi connectivity index (χ1v) is 8.57. The van der Waals surface area contributed by atoms with Gasteiger partial charge in [0.05, 0.1) is 5.56 Å². The Morgan fingerprint density at radius 1 is 0.917 bits per heavy atom. The maximum absolute atomic E-state index is 12.9. The molecular formula is C21H21N2O+. The van der Waals surface area contributed by atoms with Gasteiger partial charge in [-0.1, -0.05) is 48.5 Å². The number of hydrogen-bond acceptors (Lipinski definition) is 1. The molecule has 120 valence electrons. The van der Waals surface area contributed by atoms with Gasteiger partial charge in [-0.05, 0) is 18.9 Å². The Labute approximate surface area is 142 Å². The highest BCUT2D eigenvalue weighted by Crippen LogP contribution is 2.25. The molecule has 2 aliphatic heterocycles. The molecule has 1 saturated heterocycles. The molecule has 1 aromatic rings. The van der Waals surface area contributed by atoms with Crippen molar-refractivity contribution in [3.63, 3.8) is 0 Å². The maximum atomic E-state index is 12.9. The summed E-state index contributed by atoms with van der Waals surface area (Å²) in [5.41, 5.74) is 4.19. The van der Waals surface area contributed by atoms with Gasteiger partial charge in [-0.3, -0.25) is 4.79 Å². The third-order valence-electron chi connectivity index (χ3n) is 4.72. The van der Waals surface area contributed by atoms with Crippen molar-refractivity contribution in [3.8, 4) is 11.3 Å². The van der Waals surface area contributed by atoms with Gasteiger partial charge in [-0.15, -0.1) is 0 Å². The fraction of sp³-hybridized carbons (Fsp3) is 0.238. The molecule has 0 unspecified atom stereocenters. The van der Waals surface area contributed by atoms with E-state index >= 15 is 0 Å². The predicted octanol–water partition coefficient (Wildman–Crippen LogP) is 3.36. The first-order valence-electron chi connectivity index (χ1n) is 8.57. The van der Waals surface area contributed by atoms with Gasteiger partial charge >= 0.3 is 0 Å². The summed E-state index contributed by atoms with van der Waals surface area (Å²) in [4.78, 5) is 14.9. The number of rotatable bonds is 3. The summed E-state index contributed by atoms with van der Waals surface area (Å²) in [5, 5.41) is 0. The molecule has 0 radical (unpaired) electrons. The molecular weight excluding hydrogens is 296 g/mol. The SMILES string of the molecule is O=C(c1c[n+](Cc2ccccc2)c2cccccc1-2)N1CCCC1. The van der Waals surface area contributed by atoms with Crippen molar-refractivity contribution in [2.45, 2.75) is 19.4 Å². The molecule has 1 aliphatic carbocycles. The van der Waals surface area contributed by atoms with Gasteiger partial charge in [0.2, 0.25) is 5.69 Å². The Bertz CT molecular complexity index is 822. The highest BCUT2D eigenvalue weighted by atomic mass is 16.2. The first-order chi connectivity index (χ1) is 11.8. The Morgan fingerprint density at radius 2 is 1.58 bits per heavy atom. The first kappa shape index (κ1) is 14.9. The Kier molecular flexibility index (Phi) is 3.99. The topological polar surface area (TPSA) is 24.2 Å². The molecule has 1 amide bonds. The normalized spacial score (nSPS) is 14.2. The van der Waals surface area contributed by atoms with Crippen LogP contribution >= 0.6 is 0 Å². The van der Waals surface area contributed by atoms with Crippen molar-refractivity contribution < 1.29 is 9.36 Å². The van der Waals surface area contributed by atoms with E-state index in [0.717, 1.165) is 49.3 Å². The van der Waals surface area contributed by atoms with Gasteiger partial charge in [-0.25, -0.2) is 0 Å². The van der Waals surface area contributed by atoms with Crippen molar-refractivity contribution in [3.05, 3.63) is 78.0 Å². The number of likely N-dealkylation sites (tertiary alicyclic amines) is 1. The summed E-state index contributed by atoms with van der Waals surface area (Å²) in [6, 6.07) is 20.6. The van der Waals surface area contributed by atoms with Crippen LogP contribution in [0.1, 0.15) is 28.8 Å². The maximum Gasteiger partial charge on any atom is 0.260 e. The fourth-order valence-electron chi connectivity index (χ4n) is 3.48. The van der Waals surface area contributed by atoms with Crippen molar-refractivity contribution >= 4 is 5.91 Å². The summed E-state index contributed by atoms with van der Waals surface area (Å²) < 4.78 is 2.19. The van der Waals surface area contributed by atoms with Crippen LogP contribution in [-0.4, -0.2) is 23.9 Å². The minimum Gasteiger partial charge on any atom is -0.338 e. The average Bonchev–Trinajstić information content (AvgIpc) is 3.18. The van der Waals surface area contributed by atoms with E-state index in [0.29, 0.717) is 0 Å². The number of carbonyl (C=O) groups excluding carboxylic acids is 1. The number of amides is 1. The van der Waals surface area contributed by atoms with Crippen LogP contribution in [0.5, 0.6) is 0 Å². The van der Waals surface area contributed by atoms with Crippen LogP contribution in [-0.2, 0) is 6.54 Å². The second kappa shape index (κ2) is 6.44. The van der Waals surface area contributed by atoms with Crippen LogP contribution in [0.25, 0.3) is 11.3 Å². The third kappa shape index (κ3) is 2.78. The van der Waals surface area contributed by atoms with Crippen LogP contribution in [0, 0.1) is 0 Å². The molecule has 0 saturated carbocycles. The fourth-order valence-corrected chi connectivity index (χ4v) is 3.48. The van der Waals surface area contributed by atoms with E-state index in [2.05, 4.69) is 41.0 Å². The summed E-state index contributed by atoms with van der Waals surface area (Å²) in [5.74, 6) is 0.163. The molecule has 0 bridgehead atoms. The Balaban J connectivity index is 1.76. The summed E-state index contributed by atoms with van der Waals surface area (Å²) in [6.07, 6.45) is 4.25. The van der Waals surface area contributed by atoms with Gasteiger partial charge in [-0.2, -0.15) is 4.57 Å². The number of hydrogen-bond donors (Lipinski definition) is 0. The molecule has 0 spiro atoms. The lowest BCUT2D eigenvalue weighted by Crippen LogP contribution is -2.34. The molecule has 3 heteroatoms. The van der Waals surface area contributed by atoms with E-state index in [1.807, 2.05) is 35.4 Å². The zero-order valence-electron chi connectivity index (χ0n) is 13.7. The molecule has 0 N–H and O–H groups in total. The number of benzene rings is 1. The highest BCUT2D eigenvalue weighted by molar-refractivity contribution is 6.00. The number of aromatic nitrogens is 1. The van der Waals surface area contributed by atoms with E-state index in [-0.39, 0.29) is 5.91 Å². The zero-order chi connectivity index (χ0) is 16.4. The van der Waals surface area contributed by atoms with Crippen LogP contribution in [0.2, 0.25) is 0 Å². The van der Waals surface area contributed by atoms with E-state index in [9.17, 15) is 4.79 Å². The summed E-state index contributed by atoms with van der Waals surface area (Å²) in [7, 11) is 0. The van der Waals surface area contributed by atoms with Crippen molar-refractivity contribution in [2.24, 2.45) is 0 Å². The lowest BCUT2D eigenvalue weighted by atomic mass is 10.1. The van der Waals surface area contributed by atoms with E-state index in [4.69, 9.17) is 0 Å². The predicted molar refractivity (Wildman–Crippen MR) is 93.9 cm³/mol. The number of carbonyl (C=O) groups is 1. The van der Waals surface area contributed by atoms with Gasteiger partial charge in [0, 0.05) is 24.7 Å². The van der Waals surface area contributed by atoms with Crippen LogP contribution < -0.4 is 4.57 Å². The molecule has 3 nitrogen and oxygen atoms in total. The van der Waals surface area contributed by atoms with Crippen molar-refractivity contribution in [1.82, 2.24) is 4.90 Å². The molecule has 24 heavy (non-hydrogen) atoms. The lowest BCUT2D eigenvalue weighted by Gasteiger charge is -2.13. The highest BCUT2D eigenvalue weighted by Gasteiger charge is 2.30. The summed E-state index contributed by atoms with van der Waals surface area (Å²) in [6.45, 7) is 2.53. The Morgan fingerprint density at radius 3 is 2.33 bits per heavy atom. The van der Waals surface area contributed by atoms with Crippen molar-refractivity contribution in [2.75, 3.05) is 13.1 Å². The smallest absolute Gasteiger partial charge is 0.260 e. The lowest BCUT2D eigenvalue weighted by molar-refractivity contribution is -0.674. The van der Waals surface area contributed by atoms with E-state index in [1.54, 1.807) is 0 Å².